The first kappa shape index (κ1) is 34.2. The van der Waals surface area contributed by atoms with Gasteiger partial charge in [0.1, 0.15) is 16.7 Å². The molecule has 0 radical (unpaired) electrons. The Kier molecular flexibility index (Phi) is 11.0. The minimum absolute atomic E-state index is 0.0136. The SMILES string of the molecule is COc1cc(Cl)ccc1C[C@@H](C)C(=O)N1CCN(c2ccc(C(F)(F)F)cc2[C@H](C(C)C)N(C)[S@@](=O)C(C)(C)C)CC1. The molecular weight excluding hydrogens is 587 g/mol. The zero-order chi connectivity index (χ0) is 31.6. The molecule has 2 aromatic rings. The van der Waals surface area contributed by atoms with Crippen molar-refractivity contribution in [1.29, 1.82) is 0 Å². The highest BCUT2D eigenvalue weighted by atomic mass is 35.5. The van der Waals surface area contributed by atoms with Crippen LogP contribution in [0.1, 0.15) is 64.3 Å². The fourth-order valence-corrected chi connectivity index (χ4v) is 7.14. The van der Waals surface area contributed by atoms with Crippen LogP contribution in [0.2, 0.25) is 5.02 Å². The van der Waals surface area contributed by atoms with E-state index in [0.29, 0.717) is 54.6 Å². The third-order valence-electron chi connectivity index (χ3n) is 7.61. The second-order valence-electron chi connectivity index (χ2n) is 12.2. The van der Waals surface area contributed by atoms with Gasteiger partial charge < -0.3 is 14.5 Å². The van der Waals surface area contributed by atoms with Crippen LogP contribution in [-0.4, -0.2) is 64.4 Å². The molecular formula is C31H43ClF3N3O3S. The normalized spacial score (nSPS) is 17.0. The van der Waals surface area contributed by atoms with Gasteiger partial charge in [-0.3, -0.25) is 4.79 Å². The molecule has 6 nitrogen and oxygen atoms in total. The highest BCUT2D eigenvalue weighted by Gasteiger charge is 2.37. The number of ether oxygens (including phenoxy) is 1. The lowest BCUT2D eigenvalue weighted by atomic mass is 9.92. The number of methoxy groups -OCH3 is 1. The number of hydrogen-bond acceptors (Lipinski definition) is 4. The number of rotatable bonds is 9. The monoisotopic (exact) mass is 629 g/mol. The van der Waals surface area contributed by atoms with Crippen molar-refractivity contribution in [2.24, 2.45) is 11.8 Å². The molecule has 0 saturated carbocycles. The molecule has 1 fully saturated rings. The van der Waals surface area contributed by atoms with Gasteiger partial charge in [-0.15, -0.1) is 0 Å². The van der Waals surface area contributed by atoms with Gasteiger partial charge in [-0.2, -0.15) is 13.2 Å². The molecule has 0 spiro atoms. The summed E-state index contributed by atoms with van der Waals surface area (Å²) in [6.45, 7) is 13.1. The topological polar surface area (TPSA) is 53.1 Å². The average molecular weight is 630 g/mol. The van der Waals surface area contributed by atoms with Crippen LogP contribution in [0.15, 0.2) is 36.4 Å². The summed E-state index contributed by atoms with van der Waals surface area (Å²) in [5.74, 6) is 0.246. The molecule has 1 saturated heterocycles. The largest absolute Gasteiger partial charge is 0.496 e. The highest BCUT2D eigenvalue weighted by molar-refractivity contribution is 7.84. The van der Waals surface area contributed by atoms with E-state index in [1.165, 1.54) is 12.1 Å². The zero-order valence-corrected chi connectivity index (χ0v) is 27.3. The van der Waals surface area contributed by atoms with E-state index in [1.807, 2.05) is 57.4 Å². The number of carbonyl (C=O) groups excluding carboxylic acids is 1. The third-order valence-corrected chi connectivity index (χ3v) is 9.64. The van der Waals surface area contributed by atoms with Crippen LogP contribution in [0.5, 0.6) is 5.75 Å². The van der Waals surface area contributed by atoms with E-state index in [-0.39, 0.29) is 17.7 Å². The lowest BCUT2D eigenvalue weighted by molar-refractivity contribution is -0.138. The summed E-state index contributed by atoms with van der Waals surface area (Å²) in [5, 5.41) is 0.559. The smallest absolute Gasteiger partial charge is 0.416 e. The van der Waals surface area contributed by atoms with Gasteiger partial charge in [0.05, 0.1) is 23.5 Å². The fraction of sp³-hybridized carbons (Fsp3) is 0.581. The molecule has 1 heterocycles. The standard InChI is InChI=1S/C31H43ClF3N3O3S/c1-20(2)28(36(7)42(40)30(4,5)6)25-18-23(31(33,34)35)10-12-26(25)37-13-15-38(16-14-37)29(39)21(3)17-22-9-11-24(32)19-27(22)41-8/h9-12,18-21,28H,13-17H2,1-8H3/t21-,28+,42+/m1/s1. The van der Waals surface area contributed by atoms with Crippen LogP contribution in [0.3, 0.4) is 0 Å². The van der Waals surface area contributed by atoms with Crippen LogP contribution < -0.4 is 9.64 Å². The molecule has 0 unspecified atom stereocenters. The van der Waals surface area contributed by atoms with Crippen molar-refractivity contribution in [2.75, 3.05) is 45.2 Å². The second-order valence-corrected chi connectivity index (χ2v) is 15.0. The van der Waals surface area contributed by atoms with Gasteiger partial charge in [0, 0.05) is 49.9 Å². The van der Waals surface area contributed by atoms with E-state index < -0.39 is 33.5 Å². The molecule has 2 aromatic carbocycles. The number of nitrogens with zero attached hydrogens (tertiary/aromatic N) is 3. The van der Waals surface area contributed by atoms with Crippen molar-refractivity contribution in [3.8, 4) is 5.75 Å². The molecule has 3 atom stereocenters. The van der Waals surface area contributed by atoms with Crippen molar-refractivity contribution in [3.63, 3.8) is 0 Å². The van der Waals surface area contributed by atoms with Crippen LogP contribution >= 0.6 is 11.6 Å². The Morgan fingerprint density at radius 3 is 2.19 bits per heavy atom. The van der Waals surface area contributed by atoms with Gasteiger partial charge in [-0.05, 0) is 74.6 Å². The first-order chi connectivity index (χ1) is 19.4. The predicted molar refractivity (Wildman–Crippen MR) is 164 cm³/mol. The van der Waals surface area contributed by atoms with Crippen LogP contribution in [0.4, 0.5) is 18.9 Å². The summed E-state index contributed by atoms with van der Waals surface area (Å²) < 4.78 is 61.5. The summed E-state index contributed by atoms with van der Waals surface area (Å²) in [7, 11) is 1.83. The number of amides is 1. The number of halogens is 4. The van der Waals surface area contributed by atoms with Crippen molar-refractivity contribution in [2.45, 2.75) is 64.9 Å². The maximum Gasteiger partial charge on any atom is 0.416 e. The molecule has 0 aromatic heterocycles. The Bertz CT molecular complexity index is 1270. The molecule has 0 bridgehead atoms. The Morgan fingerprint density at radius 2 is 1.67 bits per heavy atom. The number of anilines is 1. The van der Waals surface area contributed by atoms with Crippen molar-refractivity contribution >= 4 is 34.2 Å². The fourth-order valence-electron chi connectivity index (χ4n) is 5.55. The molecule has 0 N–H and O–H groups in total. The summed E-state index contributed by atoms with van der Waals surface area (Å²) in [6, 6.07) is 8.68. The number of alkyl halides is 3. The second kappa shape index (κ2) is 13.6. The van der Waals surface area contributed by atoms with Gasteiger partial charge >= 0.3 is 6.18 Å². The first-order valence-electron chi connectivity index (χ1n) is 14.2. The van der Waals surface area contributed by atoms with Gasteiger partial charge in [0.2, 0.25) is 5.91 Å². The van der Waals surface area contributed by atoms with E-state index in [2.05, 4.69) is 0 Å². The molecule has 1 amide bonds. The Morgan fingerprint density at radius 1 is 1.05 bits per heavy atom. The van der Waals surface area contributed by atoms with E-state index in [0.717, 1.165) is 11.6 Å². The van der Waals surface area contributed by atoms with Crippen molar-refractivity contribution in [3.05, 3.63) is 58.1 Å². The lowest BCUT2D eigenvalue weighted by Gasteiger charge is -2.41. The molecule has 234 valence electrons. The third kappa shape index (κ3) is 7.99. The van der Waals surface area contributed by atoms with Gasteiger partial charge in [-0.1, -0.05) is 38.4 Å². The molecule has 11 heteroatoms. The van der Waals surface area contributed by atoms with E-state index in [4.69, 9.17) is 16.3 Å². The quantitative estimate of drug-likeness (QED) is 0.300. The lowest BCUT2D eigenvalue weighted by Crippen LogP contribution is -2.51. The maximum absolute atomic E-state index is 13.8. The minimum atomic E-state index is -4.51. The molecule has 3 rings (SSSR count). The van der Waals surface area contributed by atoms with E-state index in [9.17, 15) is 22.2 Å². The van der Waals surface area contributed by atoms with E-state index in [1.54, 1.807) is 30.6 Å². The van der Waals surface area contributed by atoms with Crippen LogP contribution in [0.25, 0.3) is 0 Å². The molecule has 42 heavy (non-hydrogen) atoms. The van der Waals surface area contributed by atoms with Crippen molar-refractivity contribution < 1.29 is 26.9 Å². The summed E-state index contributed by atoms with van der Waals surface area (Å²) in [5.41, 5.74) is 1.32. The van der Waals surface area contributed by atoms with Crippen molar-refractivity contribution in [1.82, 2.24) is 9.21 Å². The highest BCUT2D eigenvalue weighted by Crippen LogP contribution is 2.41. The van der Waals surface area contributed by atoms with Gasteiger partial charge in [0.25, 0.3) is 0 Å². The number of hydrogen-bond donors (Lipinski definition) is 0. The summed E-state index contributed by atoms with van der Waals surface area (Å²) in [6.07, 6.45) is -4.01. The van der Waals surface area contributed by atoms with Crippen LogP contribution in [-0.2, 0) is 28.4 Å². The Balaban J connectivity index is 1.85. The summed E-state index contributed by atoms with van der Waals surface area (Å²) >= 11 is 6.08. The van der Waals surface area contributed by atoms with Gasteiger partial charge in [0.15, 0.2) is 0 Å². The maximum atomic E-state index is 13.8. The number of benzene rings is 2. The zero-order valence-electron chi connectivity index (χ0n) is 25.7. The number of carbonyl (C=O) groups is 1. The molecule has 0 aliphatic carbocycles. The Labute approximate surface area is 255 Å². The van der Waals surface area contributed by atoms with E-state index >= 15 is 0 Å². The Hall–Kier alpha value is -2.30. The van der Waals surface area contributed by atoms with Gasteiger partial charge in [-0.25, -0.2) is 8.51 Å². The summed E-state index contributed by atoms with van der Waals surface area (Å²) in [4.78, 5) is 17.2. The molecule has 1 aliphatic rings. The number of piperazine rings is 1. The molecule has 1 aliphatic heterocycles. The van der Waals surface area contributed by atoms with Crippen LogP contribution in [0, 0.1) is 11.8 Å². The first-order valence-corrected chi connectivity index (χ1v) is 15.7. The predicted octanol–water partition coefficient (Wildman–Crippen LogP) is 6.99. The average Bonchev–Trinajstić information content (AvgIpc) is 2.92. The minimum Gasteiger partial charge on any atom is -0.496 e.